The van der Waals surface area contributed by atoms with Crippen LogP contribution >= 0.6 is 0 Å². The first-order chi connectivity index (χ1) is 4.79. The van der Waals surface area contributed by atoms with Crippen LogP contribution in [-0.4, -0.2) is 12.7 Å². The second-order valence-corrected chi connectivity index (χ2v) is 2.81. The van der Waals surface area contributed by atoms with Gasteiger partial charge in [-0.1, -0.05) is 28.2 Å². The lowest BCUT2D eigenvalue weighted by Crippen LogP contribution is -2.20. The van der Waals surface area contributed by atoms with Gasteiger partial charge in [-0.15, -0.1) is 0 Å². The van der Waals surface area contributed by atoms with Crippen LogP contribution in [0.5, 0.6) is 0 Å². The lowest BCUT2D eigenvalue weighted by atomic mass is 9.99. The van der Waals surface area contributed by atoms with Gasteiger partial charge in [0.05, 0.1) is 6.10 Å². The molecule has 0 unspecified atom stereocenters. The Morgan fingerprint density at radius 3 is 2.00 bits per heavy atom. The third kappa shape index (κ3) is 6.36. The van der Waals surface area contributed by atoms with Crippen molar-refractivity contribution >= 4 is 0 Å². The predicted octanol–water partition coefficient (Wildman–Crippen LogP) is 3.48. The Hall–Kier alpha value is -0.0400. The van der Waals surface area contributed by atoms with Crippen molar-refractivity contribution in [2.45, 2.75) is 54.1 Å². The van der Waals surface area contributed by atoms with Crippen LogP contribution in [0.25, 0.3) is 0 Å². The van der Waals surface area contributed by atoms with E-state index >= 15 is 0 Å². The summed E-state index contributed by atoms with van der Waals surface area (Å²) in [4.78, 5) is 0. The highest BCUT2D eigenvalue weighted by atomic mass is 16.5. The number of hydrogen-bond donors (Lipinski definition) is 0. The largest absolute Gasteiger partial charge is 0.378 e. The molecule has 0 bridgehead atoms. The minimum atomic E-state index is 0. The summed E-state index contributed by atoms with van der Waals surface area (Å²) in [6.45, 7) is 9.41. The van der Waals surface area contributed by atoms with E-state index in [-0.39, 0.29) is 7.43 Å². The molecule has 1 heterocycles. The van der Waals surface area contributed by atoms with Crippen LogP contribution in [0.4, 0.5) is 0 Å². The van der Waals surface area contributed by atoms with Crippen LogP contribution in [0.15, 0.2) is 0 Å². The molecule has 1 aliphatic rings. The lowest BCUT2D eigenvalue weighted by Gasteiger charge is -2.23. The van der Waals surface area contributed by atoms with Crippen LogP contribution in [0.1, 0.15) is 48.0 Å². The maximum Gasteiger partial charge on any atom is 0.0549 e. The fourth-order valence-corrected chi connectivity index (χ4v) is 1.22. The molecular weight excluding hydrogens is 136 g/mol. The maximum atomic E-state index is 5.35. The second-order valence-electron chi connectivity index (χ2n) is 2.81. The Kier molecular flexibility index (Phi) is 9.92. The van der Waals surface area contributed by atoms with Crippen LogP contribution in [-0.2, 0) is 4.74 Å². The SMILES string of the molecule is C.CC.C[C@H]1CCO[C@@H](C)C1. The fourth-order valence-electron chi connectivity index (χ4n) is 1.22. The zero-order valence-electron chi connectivity index (χ0n) is 7.68. The van der Waals surface area contributed by atoms with Gasteiger partial charge in [0.1, 0.15) is 0 Å². The maximum absolute atomic E-state index is 5.35. The molecular formula is C10H24O. The first-order valence-corrected chi connectivity index (χ1v) is 4.40. The standard InChI is InChI=1S/C7H14O.C2H6.CH4/c1-6-3-4-8-7(2)5-6;1-2;/h6-7H,3-5H2,1-2H3;1-2H3;1H4/t6-,7-;;/m0../s1. The van der Waals surface area contributed by atoms with Crippen molar-refractivity contribution in [3.63, 3.8) is 0 Å². The van der Waals surface area contributed by atoms with Gasteiger partial charge in [0.25, 0.3) is 0 Å². The molecule has 1 nitrogen and oxygen atoms in total. The first kappa shape index (κ1) is 13.5. The highest BCUT2D eigenvalue weighted by Crippen LogP contribution is 2.18. The first-order valence-electron chi connectivity index (χ1n) is 4.40. The van der Waals surface area contributed by atoms with Gasteiger partial charge in [-0.25, -0.2) is 0 Å². The Bertz CT molecular complexity index is 63.3. The van der Waals surface area contributed by atoms with E-state index in [0.29, 0.717) is 6.10 Å². The molecule has 0 aromatic heterocycles. The number of ether oxygens (including phenoxy) is 1. The van der Waals surface area contributed by atoms with E-state index in [2.05, 4.69) is 13.8 Å². The molecule has 1 saturated heterocycles. The highest BCUT2D eigenvalue weighted by molar-refractivity contribution is 4.63. The zero-order valence-corrected chi connectivity index (χ0v) is 7.68. The van der Waals surface area contributed by atoms with Crippen molar-refractivity contribution in [2.24, 2.45) is 5.92 Å². The minimum Gasteiger partial charge on any atom is -0.378 e. The average Bonchev–Trinajstić information content (AvgIpc) is 1.91. The van der Waals surface area contributed by atoms with Gasteiger partial charge in [-0.3, -0.25) is 0 Å². The molecule has 0 N–H and O–H groups in total. The minimum absolute atomic E-state index is 0. The van der Waals surface area contributed by atoms with E-state index in [4.69, 9.17) is 4.74 Å². The molecule has 11 heavy (non-hydrogen) atoms. The van der Waals surface area contributed by atoms with Crippen molar-refractivity contribution in [2.75, 3.05) is 6.61 Å². The third-order valence-corrected chi connectivity index (χ3v) is 1.75. The Morgan fingerprint density at radius 1 is 1.18 bits per heavy atom. The van der Waals surface area contributed by atoms with E-state index in [1.165, 1.54) is 12.8 Å². The molecule has 0 radical (unpaired) electrons. The molecule has 0 amide bonds. The molecule has 0 saturated carbocycles. The molecule has 1 heteroatoms. The van der Waals surface area contributed by atoms with Gasteiger partial charge in [-0.2, -0.15) is 0 Å². The van der Waals surface area contributed by atoms with Crippen molar-refractivity contribution < 1.29 is 4.74 Å². The zero-order chi connectivity index (χ0) is 7.98. The summed E-state index contributed by atoms with van der Waals surface area (Å²) < 4.78 is 5.35. The van der Waals surface area contributed by atoms with Gasteiger partial charge in [0.15, 0.2) is 0 Å². The molecule has 1 fully saturated rings. The van der Waals surface area contributed by atoms with Crippen LogP contribution in [0.2, 0.25) is 0 Å². The molecule has 0 aromatic rings. The molecule has 1 rings (SSSR count). The van der Waals surface area contributed by atoms with Gasteiger partial charge in [-0.05, 0) is 25.7 Å². The molecule has 0 spiro atoms. The fraction of sp³-hybridized carbons (Fsp3) is 1.00. The Labute approximate surface area is 72.1 Å². The van der Waals surface area contributed by atoms with Crippen LogP contribution in [0.3, 0.4) is 0 Å². The van der Waals surface area contributed by atoms with E-state index in [0.717, 1.165) is 12.5 Å². The lowest BCUT2D eigenvalue weighted by molar-refractivity contribution is 0.00682. The number of hydrogen-bond acceptors (Lipinski definition) is 1. The second kappa shape index (κ2) is 8.06. The van der Waals surface area contributed by atoms with Gasteiger partial charge in [0, 0.05) is 6.61 Å². The van der Waals surface area contributed by atoms with Crippen LogP contribution < -0.4 is 0 Å². The van der Waals surface area contributed by atoms with E-state index in [1.54, 1.807) is 0 Å². The molecule has 0 aromatic carbocycles. The summed E-state index contributed by atoms with van der Waals surface area (Å²) in [5, 5.41) is 0. The quantitative estimate of drug-likeness (QED) is 0.527. The predicted molar refractivity (Wildman–Crippen MR) is 51.9 cm³/mol. The van der Waals surface area contributed by atoms with E-state index in [1.807, 2.05) is 13.8 Å². The summed E-state index contributed by atoms with van der Waals surface area (Å²) in [5.41, 5.74) is 0. The van der Waals surface area contributed by atoms with Crippen LogP contribution in [0, 0.1) is 5.92 Å². The smallest absolute Gasteiger partial charge is 0.0549 e. The third-order valence-electron chi connectivity index (χ3n) is 1.75. The highest BCUT2D eigenvalue weighted by Gasteiger charge is 2.13. The van der Waals surface area contributed by atoms with Gasteiger partial charge in [0.2, 0.25) is 0 Å². The summed E-state index contributed by atoms with van der Waals surface area (Å²) in [6.07, 6.45) is 3.02. The van der Waals surface area contributed by atoms with E-state index < -0.39 is 0 Å². The molecule has 0 aliphatic carbocycles. The van der Waals surface area contributed by atoms with Gasteiger partial charge >= 0.3 is 0 Å². The van der Waals surface area contributed by atoms with Crippen molar-refractivity contribution in [1.29, 1.82) is 0 Å². The Balaban J connectivity index is 0. The van der Waals surface area contributed by atoms with Crippen molar-refractivity contribution in [3.8, 4) is 0 Å². The van der Waals surface area contributed by atoms with Crippen molar-refractivity contribution in [3.05, 3.63) is 0 Å². The molecule has 2 atom stereocenters. The summed E-state index contributed by atoms with van der Waals surface area (Å²) in [6, 6.07) is 0. The number of rotatable bonds is 0. The van der Waals surface area contributed by atoms with Crippen molar-refractivity contribution in [1.82, 2.24) is 0 Å². The topological polar surface area (TPSA) is 9.23 Å². The molecule has 70 valence electrons. The summed E-state index contributed by atoms with van der Waals surface area (Å²) >= 11 is 0. The average molecular weight is 160 g/mol. The Morgan fingerprint density at radius 2 is 1.73 bits per heavy atom. The summed E-state index contributed by atoms with van der Waals surface area (Å²) in [7, 11) is 0. The van der Waals surface area contributed by atoms with Gasteiger partial charge < -0.3 is 4.74 Å². The monoisotopic (exact) mass is 160 g/mol. The normalized spacial score (nSPS) is 29.5. The molecule has 1 aliphatic heterocycles. The van der Waals surface area contributed by atoms with E-state index in [9.17, 15) is 0 Å². The summed E-state index contributed by atoms with van der Waals surface area (Å²) in [5.74, 6) is 0.888.